The third kappa shape index (κ3) is 1.72. The molecule has 1 aromatic carbocycles. The molecule has 0 radical (unpaired) electrons. The van der Waals surface area contributed by atoms with E-state index in [-0.39, 0.29) is 12.1 Å². The highest BCUT2D eigenvalue weighted by atomic mass is 16.5. The van der Waals surface area contributed by atoms with Crippen LogP contribution in [0, 0.1) is 5.92 Å². The maximum atomic E-state index is 13.1. The first kappa shape index (κ1) is 12.8. The molecule has 2 unspecified atom stereocenters. The average Bonchev–Trinajstić information content (AvgIpc) is 2.93. The number of carbonyl (C=O) groups is 1. The third-order valence-electron chi connectivity index (χ3n) is 5.80. The lowest BCUT2D eigenvalue weighted by atomic mass is 9.83. The van der Waals surface area contributed by atoms with Gasteiger partial charge in [0.2, 0.25) is 0 Å². The summed E-state index contributed by atoms with van der Waals surface area (Å²) >= 11 is 0. The largest absolute Gasteiger partial charge is 0.489 e. The fourth-order valence-corrected chi connectivity index (χ4v) is 4.64. The quantitative estimate of drug-likeness (QED) is 0.793. The molecule has 0 spiro atoms. The Labute approximate surface area is 130 Å². The van der Waals surface area contributed by atoms with Crippen molar-refractivity contribution in [2.24, 2.45) is 5.92 Å². The van der Waals surface area contributed by atoms with E-state index >= 15 is 0 Å². The Bertz CT molecular complexity index is 612. The number of amides is 2. The van der Waals surface area contributed by atoms with Crippen molar-refractivity contribution in [2.45, 2.75) is 24.9 Å². The fraction of sp³-hybridized carbons (Fsp3) is 0.588. The minimum absolute atomic E-state index is 0.165. The van der Waals surface area contributed by atoms with Crippen molar-refractivity contribution in [1.29, 1.82) is 0 Å². The number of fused-ring (bicyclic) bond motifs is 6. The number of ether oxygens (including phenoxy) is 1. The minimum Gasteiger partial charge on any atom is -0.489 e. The van der Waals surface area contributed by atoms with Gasteiger partial charge in [0.05, 0.1) is 11.7 Å². The molecular weight excluding hydrogens is 278 g/mol. The Morgan fingerprint density at radius 3 is 2.68 bits per heavy atom. The van der Waals surface area contributed by atoms with E-state index in [1.54, 1.807) is 0 Å². The summed E-state index contributed by atoms with van der Waals surface area (Å²) in [6, 6.07) is 8.64. The Hall–Kier alpha value is -1.75. The summed E-state index contributed by atoms with van der Waals surface area (Å²) in [5.74, 6) is 1.52. The van der Waals surface area contributed by atoms with Crippen molar-refractivity contribution < 1.29 is 9.53 Å². The van der Waals surface area contributed by atoms with Gasteiger partial charge in [-0.2, -0.15) is 0 Å². The van der Waals surface area contributed by atoms with E-state index < -0.39 is 0 Å². The van der Waals surface area contributed by atoms with Gasteiger partial charge in [-0.15, -0.1) is 0 Å². The smallest absolute Gasteiger partial charge is 0.325 e. The van der Waals surface area contributed by atoms with Gasteiger partial charge in [0.1, 0.15) is 12.4 Å². The van der Waals surface area contributed by atoms with Crippen molar-refractivity contribution >= 4 is 11.7 Å². The van der Waals surface area contributed by atoms with Crippen molar-refractivity contribution in [3.8, 4) is 5.75 Å². The summed E-state index contributed by atoms with van der Waals surface area (Å²) in [5.41, 5.74) is 0.938. The van der Waals surface area contributed by atoms with Gasteiger partial charge in [-0.3, -0.25) is 4.90 Å². The highest BCUT2D eigenvalue weighted by molar-refractivity contribution is 5.97. The number of hydrogen-bond donors (Lipinski definition) is 0. The standard InChI is InChI=1S/C17H21N3O2/c21-17-19(15-10-18-7-5-12(15)6-8-18)9-13-11-22-16-4-2-1-3-14(16)20(13)17/h1-4,12-13,15H,5-11H2. The number of urea groups is 1. The molecule has 2 atom stereocenters. The molecule has 5 nitrogen and oxygen atoms in total. The Morgan fingerprint density at radius 1 is 1.09 bits per heavy atom. The molecule has 2 bridgehead atoms. The summed E-state index contributed by atoms with van der Waals surface area (Å²) in [4.78, 5) is 19.7. The molecule has 0 saturated carbocycles. The SMILES string of the molecule is O=C1N(C2CN3CCC2CC3)CC2COc3ccccc3N12. The summed E-state index contributed by atoms with van der Waals surface area (Å²) in [6.07, 6.45) is 2.48. The number of carbonyl (C=O) groups excluding carboxylic acids is 1. The molecule has 0 aromatic heterocycles. The molecule has 6 rings (SSSR count). The van der Waals surface area contributed by atoms with Crippen LogP contribution < -0.4 is 9.64 Å². The number of anilines is 1. The number of para-hydroxylation sites is 2. The molecule has 5 heterocycles. The normalized spacial score (nSPS) is 36.1. The van der Waals surface area contributed by atoms with Crippen LogP contribution in [0.2, 0.25) is 0 Å². The molecule has 4 saturated heterocycles. The van der Waals surface area contributed by atoms with Gasteiger partial charge in [0.15, 0.2) is 0 Å². The second kappa shape index (κ2) is 4.62. The summed E-state index contributed by atoms with van der Waals surface area (Å²) in [6.45, 7) is 4.90. The van der Waals surface area contributed by atoms with Crippen molar-refractivity contribution in [3.05, 3.63) is 24.3 Å². The van der Waals surface area contributed by atoms with E-state index in [1.807, 2.05) is 29.2 Å². The van der Waals surface area contributed by atoms with Crippen LogP contribution in [0.3, 0.4) is 0 Å². The van der Waals surface area contributed by atoms with E-state index in [0.717, 1.165) is 24.5 Å². The highest BCUT2D eigenvalue weighted by Gasteiger charge is 2.48. The zero-order chi connectivity index (χ0) is 14.7. The molecule has 5 aliphatic rings. The van der Waals surface area contributed by atoms with E-state index in [4.69, 9.17) is 4.74 Å². The maximum Gasteiger partial charge on any atom is 0.325 e. The molecule has 22 heavy (non-hydrogen) atoms. The lowest BCUT2D eigenvalue weighted by Gasteiger charge is -2.47. The molecule has 1 aromatic rings. The van der Waals surface area contributed by atoms with Crippen LogP contribution in [0.1, 0.15) is 12.8 Å². The zero-order valence-electron chi connectivity index (χ0n) is 12.6. The van der Waals surface area contributed by atoms with Gasteiger partial charge >= 0.3 is 6.03 Å². The maximum absolute atomic E-state index is 13.1. The number of hydrogen-bond acceptors (Lipinski definition) is 3. The first-order valence-electron chi connectivity index (χ1n) is 8.35. The van der Waals surface area contributed by atoms with Crippen LogP contribution in [0.15, 0.2) is 24.3 Å². The molecule has 5 aliphatic heterocycles. The second-order valence-corrected chi connectivity index (χ2v) is 6.94. The molecule has 2 amide bonds. The molecular formula is C17H21N3O2. The number of rotatable bonds is 1. The van der Waals surface area contributed by atoms with Gasteiger partial charge in [0, 0.05) is 19.1 Å². The first-order chi connectivity index (χ1) is 10.8. The molecule has 0 N–H and O–H groups in total. The van der Waals surface area contributed by atoms with Crippen LogP contribution in [-0.2, 0) is 0 Å². The number of benzene rings is 1. The second-order valence-electron chi connectivity index (χ2n) is 6.94. The van der Waals surface area contributed by atoms with Crippen LogP contribution in [0.25, 0.3) is 0 Å². The summed E-state index contributed by atoms with van der Waals surface area (Å²) < 4.78 is 5.85. The Balaban J connectivity index is 1.46. The average molecular weight is 299 g/mol. The number of nitrogens with zero attached hydrogens (tertiary/aromatic N) is 3. The molecule has 4 fully saturated rings. The van der Waals surface area contributed by atoms with Crippen LogP contribution >= 0.6 is 0 Å². The zero-order valence-corrected chi connectivity index (χ0v) is 12.6. The highest BCUT2D eigenvalue weighted by Crippen LogP contribution is 2.40. The lowest BCUT2D eigenvalue weighted by Crippen LogP contribution is -2.58. The van der Waals surface area contributed by atoms with Gasteiger partial charge < -0.3 is 14.5 Å². The molecule has 5 heteroatoms. The molecule has 0 aliphatic carbocycles. The number of piperidine rings is 3. The summed E-state index contributed by atoms with van der Waals surface area (Å²) in [7, 11) is 0. The third-order valence-corrected chi connectivity index (χ3v) is 5.80. The van der Waals surface area contributed by atoms with Crippen LogP contribution in [0.5, 0.6) is 5.75 Å². The van der Waals surface area contributed by atoms with Gasteiger partial charge in [-0.05, 0) is 44.0 Å². The van der Waals surface area contributed by atoms with E-state index in [2.05, 4.69) is 9.80 Å². The van der Waals surface area contributed by atoms with Crippen molar-refractivity contribution in [1.82, 2.24) is 9.80 Å². The fourth-order valence-electron chi connectivity index (χ4n) is 4.64. The van der Waals surface area contributed by atoms with E-state index in [1.165, 1.54) is 25.9 Å². The first-order valence-corrected chi connectivity index (χ1v) is 8.35. The monoisotopic (exact) mass is 299 g/mol. The van der Waals surface area contributed by atoms with Gasteiger partial charge in [-0.25, -0.2) is 4.79 Å². The Kier molecular flexibility index (Phi) is 2.68. The van der Waals surface area contributed by atoms with Crippen molar-refractivity contribution in [3.63, 3.8) is 0 Å². The van der Waals surface area contributed by atoms with Crippen LogP contribution in [-0.4, -0.2) is 60.7 Å². The van der Waals surface area contributed by atoms with Crippen molar-refractivity contribution in [2.75, 3.05) is 37.7 Å². The van der Waals surface area contributed by atoms with Gasteiger partial charge in [0.25, 0.3) is 0 Å². The predicted molar refractivity (Wildman–Crippen MR) is 83.3 cm³/mol. The topological polar surface area (TPSA) is 36.0 Å². The minimum atomic E-state index is 0.165. The Morgan fingerprint density at radius 2 is 1.91 bits per heavy atom. The molecule has 116 valence electrons. The van der Waals surface area contributed by atoms with Crippen LogP contribution in [0.4, 0.5) is 10.5 Å². The van der Waals surface area contributed by atoms with E-state index in [0.29, 0.717) is 18.6 Å². The van der Waals surface area contributed by atoms with Gasteiger partial charge in [-0.1, -0.05) is 12.1 Å². The summed E-state index contributed by atoms with van der Waals surface area (Å²) in [5, 5.41) is 0. The van der Waals surface area contributed by atoms with E-state index in [9.17, 15) is 4.79 Å². The predicted octanol–water partition coefficient (Wildman–Crippen LogP) is 1.78. The lowest BCUT2D eigenvalue weighted by molar-refractivity contribution is 0.0282.